The van der Waals surface area contributed by atoms with Crippen molar-refractivity contribution in [3.8, 4) is 11.5 Å². The van der Waals surface area contributed by atoms with E-state index in [-0.39, 0.29) is 23.3 Å². The van der Waals surface area contributed by atoms with Gasteiger partial charge in [0, 0.05) is 23.6 Å². The molecule has 0 radical (unpaired) electrons. The van der Waals surface area contributed by atoms with Crippen LogP contribution in [0.5, 0.6) is 11.5 Å². The van der Waals surface area contributed by atoms with E-state index in [0.29, 0.717) is 23.3 Å². The van der Waals surface area contributed by atoms with Gasteiger partial charge in [-0.25, -0.2) is 4.79 Å². The molecule has 2 aromatic carbocycles. The predicted octanol–water partition coefficient (Wildman–Crippen LogP) is 5.76. The summed E-state index contributed by atoms with van der Waals surface area (Å²) in [6, 6.07) is 10.0. The monoisotopic (exact) mass is 422 g/mol. The number of methoxy groups -OCH3 is 1. The molecular formula is C26H30O5. The molecule has 0 fully saturated rings. The van der Waals surface area contributed by atoms with E-state index in [9.17, 15) is 19.8 Å². The van der Waals surface area contributed by atoms with Crippen LogP contribution >= 0.6 is 0 Å². The van der Waals surface area contributed by atoms with Crippen LogP contribution in [0.1, 0.15) is 65.5 Å². The molecule has 31 heavy (non-hydrogen) atoms. The first-order chi connectivity index (χ1) is 14.7. The Bertz CT molecular complexity index is 996. The van der Waals surface area contributed by atoms with Gasteiger partial charge in [-0.1, -0.05) is 53.6 Å². The van der Waals surface area contributed by atoms with Gasteiger partial charge < -0.3 is 14.9 Å². The van der Waals surface area contributed by atoms with Crippen LogP contribution in [0.25, 0.3) is 0 Å². The number of allylic oxidation sites excluding steroid dienone is 4. The van der Waals surface area contributed by atoms with Gasteiger partial charge in [-0.3, -0.25) is 4.79 Å². The SMILES string of the molecule is COc1cc(O)c(C(=O)O)c(CC(=O)c2ccccc2)c1C/C=C(\C)CCC=C(C)C. The standard InChI is InChI=1S/C26H30O5/c1-17(2)9-8-10-18(3)13-14-20-21(15-22(27)19-11-6-5-7-12-19)25(26(29)30)23(28)16-24(20)31-4/h5-7,9,11-13,16,28H,8,10,14-15H2,1-4H3,(H,29,30)/b18-13+. The molecule has 2 N–H and O–H groups in total. The summed E-state index contributed by atoms with van der Waals surface area (Å²) in [4.78, 5) is 24.8. The zero-order chi connectivity index (χ0) is 23.0. The number of hydrogen-bond donors (Lipinski definition) is 2. The maximum Gasteiger partial charge on any atom is 0.339 e. The minimum atomic E-state index is -1.28. The maximum atomic E-state index is 12.9. The van der Waals surface area contributed by atoms with Crippen LogP contribution < -0.4 is 4.74 Å². The van der Waals surface area contributed by atoms with E-state index in [4.69, 9.17) is 4.74 Å². The van der Waals surface area contributed by atoms with Gasteiger partial charge in [0.25, 0.3) is 0 Å². The van der Waals surface area contributed by atoms with E-state index in [2.05, 4.69) is 19.9 Å². The van der Waals surface area contributed by atoms with Gasteiger partial charge in [-0.2, -0.15) is 0 Å². The summed E-state index contributed by atoms with van der Waals surface area (Å²) in [6.07, 6.45) is 6.27. The van der Waals surface area contributed by atoms with E-state index in [1.165, 1.54) is 18.7 Å². The van der Waals surface area contributed by atoms with Crippen LogP contribution in [0.3, 0.4) is 0 Å². The Morgan fingerprint density at radius 2 is 1.71 bits per heavy atom. The zero-order valence-electron chi connectivity index (χ0n) is 18.6. The average Bonchev–Trinajstić information content (AvgIpc) is 2.72. The van der Waals surface area contributed by atoms with Crippen LogP contribution in [-0.2, 0) is 12.8 Å². The molecule has 164 valence electrons. The number of carbonyl (C=O) groups excluding carboxylic acids is 1. The van der Waals surface area contributed by atoms with Crippen molar-refractivity contribution in [2.45, 2.75) is 46.5 Å². The Hall–Kier alpha value is -3.34. The normalized spacial score (nSPS) is 11.2. The summed E-state index contributed by atoms with van der Waals surface area (Å²) < 4.78 is 5.43. The van der Waals surface area contributed by atoms with Crippen molar-refractivity contribution in [3.05, 3.63) is 82.0 Å². The minimum absolute atomic E-state index is 0.142. The molecule has 0 spiro atoms. The van der Waals surface area contributed by atoms with E-state index in [1.54, 1.807) is 24.3 Å². The number of aromatic hydroxyl groups is 1. The highest BCUT2D eigenvalue weighted by atomic mass is 16.5. The minimum Gasteiger partial charge on any atom is -0.507 e. The number of phenols is 1. The van der Waals surface area contributed by atoms with Crippen LogP contribution in [-0.4, -0.2) is 29.1 Å². The van der Waals surface area contributed by atoms with E-state index < -0.39 is 11.7 Å². The second-order valence-electron chi connectivity index (χ2n) is 7.78. The van der Waals surface area contributed by atoms with Crippen LogP contribution in [0.15, 0.2) is 59.7 Å². The Kier molecular flexibility index (Phi) is 8.62. The Morgan fingerprint density at radius 3 is 2.29 bits per heavy atom. The fraction of sp³-hybridized carbons (Fsp3) is 0.308. The van der Waals surface area contributed by atoms with E-state index in [1.807, 2.05) is 19.1 Å². The highest BCUT2D eigenvalue weighted by Gasteiger charge is 2.24. The molecular weight excluding hydrogens is 392 g/mol. The number of rotatable bonds is 10. The molecule has 0 aliphatic heterocycles. The Morgan fingerprint density at radius 1 is 1.03 bits per heavy atom. The maximum absolute atomic E-state index is 12.9. The van der Waals surface area contributed by atoms with Crippen molar-refractivity contribution in [1.29, 1.82) is 0 Å². The van der Waals surface area contributed by atoms with Crippen LogP contribution in [0.2, 0.25) is 0 Å². The molecule has 0 aliphatic rings. The largest absolute Gasteiger partial charge is 0.507 e. The molecule has 0 bridgehead atoms. The van der Waals surface area contributed by atoms with Crippen molar-refractivity contribution in [1.82, 2.24) is 0 Å². The van der Waals surface area contributed by atoms with Gasteiger partial charge in [0.15, 0.2) is 5.78 Å². The highest BCUT2D eigenvalue weighted by molar-refractivity contribution is 6.01. The quantitative estimate of drug-likeness (QED) is 0.376. The lowest BCUT2D eigenvalue weighted by atomic mass is 9.90. The molecule has 2 rings (SSSR count). The van der Waals surface area contributed by atoms with Gasteiger partial charge in [0.2, 0.25) is 0 Å². The van der Waals surface area contributed by atoms with Crippen LogP contribution in [0, 0.1) is 0 Å². The summed E-state index contributed by atoms with van der Waals surface area (Å²) in [7, 11) is 1.47. The second kappa shape index (κ2) is 11.2. The van der Waals surface area contributed by atoms with Crippen molar-refractivity contribution in [2.75, 3.05) is 7.11 Å². The molecule has 2 aromatic rings. The first-order valence-electron chi connectivity index (χ1n) is 10.3. The molecule has 5 nitrogen and oxygen atoms in total. The lowest BCUT2D eigenvalue weighted by molar-refractivity contribution is 0.0692. The fourth-order valence-electron chi connectivity index (χ4n) is 3.43. The van der Waals surface area contributed by atoms with Crippen LogP contribution in [0.4, 0.5) is 0 Å². The Labute approximate surface area is 183 Å². The number of ether oxygens (including phenoxy) is 1. The summed E-state index contributed by atoms with van der Waals surface area (Å²) in [6.45, 7) is 6.15. The molecule has 0 saturated carbocycles. The predicted molar refractivity (Wildman–Crippen MR) is 122 cm³/mol. The molecule has 0 unspecified atom stereocenters. The smallest absolute Gasteiger partial charge is 0.339 e. The lowest BCUT2D eigenvalue weighted by Gasteiger charge is -2.17. The van der Waals surface area contributed by atoms with Gasteiger partial charge in [0.05, 0.1) is 7.11 Å². The van der Waals surface area contributed by atoms with Crippen molar-refractivity contribution < 1.29 is 24.5 Å². The van der Waals surface area contributed by atoms with Gasteiger partial charge in [-0.05, 0) is 45.6 Å². The summed E-state index contributed by atoms with van der Waals surface area (Å²) >= 11 is 0. The number of carboxylic acids is 1. The fourth-order valence-corrected chi connectivity index (χ4v) is 3.43. The number of carbonyl (C=O) groups is 2. The first-order valence-corrected chi connectivity index (χ1v) is 10.3. The van der Waals surface area contributed by atoms with Crippen molar-refractivity contribution >= 4 is 11.8 Å². The third-order valence-electron chi connectivity index (χ3n) is 5.10. The van der Waals surface area contributed by atoms with E-state index >= 15 is 0 Å². The molecule has 5 heteroatoms. The molecule has 0 atom stereocenters. The second-order valence-corrected chi connectivity index (χ2v) is 7.78. The van der Waals surface area contributed by atoms with E-state index in [0.717, 1.165) is 18.4 Å². The molecule has 0 aromatic heterocycles. The number of aromatic carboxylic acids is 1. The average molecular weight is 423 g/mol. The molecule has 0 amide bonds. The van der Waals surface area contributed by atoms with Gasteiger partial charge in [0.1, 0.15) is 17.1 Å². The third-order valence-corrected chi connectivity index (χ3v) is 5.10. The van der Waals surface area contributed by atoms with Gasteiger partial charge in [-0.15, -0.1) is 0 Å². The molecule has 0 heterocycles. The van der Waals surface area contributed by atoms with Crippen molar-refractivity contribution in [3.63, 3.8) is 0 Å². The number of Topliss-reactive ketones (excluding diaryl/α,β-unsaturated/α-hetero) is 1. The molecule has 0 aliphatic carbocycles. The first kappa shape index (κ1) is 23.9. The number of hydrogen-bond acceptors (Lipinski definition) is 4. The Balaban J connectivity index is 2.47. The third kappa shape index (κ3) is 6.57. The summed E-state index contributed by atoms with van der Waals surface area (Å²) in [5.74, 6) is -1.54. The number of ketones is 1. The van der Waals surface area contributed by atoms with Gasteiger partial charge >= 0.3 is 5.97 Å². The zero-order valence-corrected chi connectivity index (χ0v) is 18.6. The summed E-state index contributed by atoms with van der Waals surface area (Å²) in [5.41, 5.74) is 3.54. The highest BCUT2D eigenvalue weighted by Crippen LogP contribution is 2.35. The number of carboxylic acid groups (broad SMARTS) is 1. The number of benzene rings is 2. The molecule has 0 saturated heterocycles. The van der Waals surface area contributed by atoms with Crippen molar-refractivity contribution in [2.24, 2.45) is 0 Å². The topological polar surface area (TPSA) is 83.8 Å². The summed E-state index contributed by atoms with van der Waals surface area (Å²) in [5, 5.41) is 20.1. The lowest BCUT2D eigenvalue weighted by Crippen LogP contribution is -2.13.